The first-order valence-corrected chi connectivity index (χ1v) is 7.43. The van der Waals surface area contributed by atoms with Crippen molar-refractivity contribution < 1.29 is 13.6 Å². The quantitative estimate of drug-likeness (QED) is 0.943. The van der Waals surface area contributed by atoms with E-state index in [1.165, 1.54) is 12.3 Å². The van der Waals surface area contributed by atoms with Gasteiger partial charge in [-0.1, -0.05) is 17.7 Å². The normalized spacial score (nSPS) is 22.0. The maximum Gasteiger partial charge on any atom is 0.287 e. The Balaban J connectivity index is 1.81. The largest absolute Gasteiger partial charge is 0.459 e. The average Bonchev–Trinajstić information content (AvgIpc) is 3.13. The van der Waals surface area contributed by atoms with Crippen molar-refractivity contribution in [2.24, 2.45) is 0 Å². The van der Waals surface area contributed by atoms with Gasteiger partial charge in [0.05, 0.1) is 23.4 Å². The minimum atomic E-state index is -0.449. The van der Waals surface area contributed by atoms with E-state index < -0.39 is 5.82 Å². The van der Waals surface area contributed by atoms with Gasteiger partial charge in [0.2, 0.25) is 0 Å². The third-order valence-electron chi connectivity index (χ3n) is 4.00. The first kappa shape index (κ1) is 15.1. The van der Waals surface area contributed by atoms with Gasteiger partial charge in [-0.2, -0.15) is 0 Å². The molecule has 2 heterocycles. The number of benzene rings is 1. The monoisotopic (exact) mass is 322 g/mol. The van der Waals surface area contributed by atoms with Crippen LogP contribution in [0, 0.1) is 5.82 Å². The molecule has 0 aliphatic carbocycles. The number of carbonyl (C=O) groups excluding carboxylic acids is 1. The van der Waals surface area contributed by atoms with Crippen molar-refractivity contribution in [1.29, 1.82) is 0 Å². The molecule has 3 rings (SSSR count). The minimum absolute atomic E-state index is 0.0920. The molecule has 22 heavy (non-hydrogen) atoms. The number of hydrogen-bond donors (Lipinski definition) is 1. The smallest absolute Gasteiger partial charge is 0.287 e. The van der Waals surface area contributed by atoms with Crippen LogP contribution in [0.5, 0.6) is 0 Å². The summed E-state index contributed by atoms with van der Waals surface area (Å²) in [5.74, 6) is -0.434. The molecule has 0 unspecified atom stereocenters. The number of hydrogen-bond acceptors (Lipinski definition) is 3. The second kappa shape index (κ2) is 6.10. The van der Waals surface area contributed by atoms with E-state index >= 15 is 0 Å². The Hall–Kier alpha value is -1.85. The Labute approximate surface area is 132 Å². The van der Waals surface area contributed by atoms with Crippen LogP contribution in [0.25, 0.3) is 0 Å². The molecule has 1 aromatic heterocycles. The number of likely N-dealkylation sites (tertiary alicyclic amines) is 1. The van der Waals surface area contributed by atoms with Crippen LogP contribution < -0.4 is 5.32 Å². The summed E-state index contributed by atoms with van der Waals surface area (Å²) in [6.45, 7) is 0.817. The lowest BCUT2D eigenvalue weighted by Gasteiger charge is -2.26. The van der Waals surface area contributed by atoms with Gasteiger partial charge in [0.1, 0.15) is 5.82 Å². The predicted octanol–water partition coefficient (Wildman–Crippen LogP) is 3.25. The summed E-state index contributed by atoms with van der Waals surface area (Å²) >= 11 is 5.74. The van der Waals surface area contributed by atoms with E-state index in [1.54, 1.807) is 24.3 Å². The van der Waals surface area contributed by atoms with Crippen LogP contribution in [0.4, 0.5) is 4.39 Å². The molecule has 0 radical (unpaired) electrons. The molecule has 1 saturated heterocycles. The molecule has 1 fully saturated rings. The van der Waals surface area contributed by atoms with Gasteiger partial charge in [0, 0.05) is 6.54 Å². The van der Waals surface area contributed by atoms with Crippen molar-refractivity contribution in [3.63, 3.8) is 0 Å². The van der Waals surface area contributed by atoms with E-state index in [1.807, 2.05) is 7.05 Å². The highest BCUT2D eigenvalue weighted by molar-refractivity contribution is 6.30. The van der Waals surface area contributed by atoms with Crippen LogP contribution in [0.15, 0.2) is 41.0 Å². The molecule has 0 saturated carbocycles. The molecule has 0 bridgehead atoms. The third-order valence-corrected chi connectivity index (χ3v) is 4.30. The van der Waals surface area contributed by atoms with Crippen LogP contribution in [-0.2, 0) is 0 Å². The molecule has 1 aromatic carbocycles. The molecule has 116 valence electrons. The van der Waals surface area contributed by atoms with Gasteiger partial charge in [-0.3, -0.25) is 9.69 Å². The highest BCUT2D eigenvalue weighted by Crippen LogP contribution is 2.32. The lowest BCUT2D eigenvalue weighted by molar-refractivity contribution is 0.0899. The van der Waals surface area contributed by atoms with Gasteiger partial charge >= 0.3 is 0 Å². The third kappa shape index (κ3) is 2.87. The average molecular weight is 323 g/mol. The van der Waals surface area contributed by atoms with Crippen LogP contribution >= 0.6 is 11.6 Å². The lowest BCUT2D eigenvalue weighted by atomic mass is 10.00. The molecule has 6 heteroatoms. The first-order chi connectivity index (χ1) is 10.6. The number of furan rings is 1. The van der Waals surface area contributed by atoms with E-state index in [2.05, 4.69) is 10.2 Å². The Morgan fingerprint density at radius 2 is 2.27 bits per heavy atom. The predicted molar refractivity (Wildman–Crippen MR) is 81.4 cm³/mol. The molecular weight excluding hydrogens is 307 g/mol. The van der Waals surface area contributed by atoms with E-state index in [-0.39, 0.29) is 28.8 Å². The van der Waals surface area contributed by atoms with Gasteiger partial charge in [0.15, 0.2) is 5.76 Å². The van der Waals surface area contributed by atoms with Gasteiger partial charge in [0.25, 0.3) is 5.91 Å². The zero-order valence-electron chi connectivity index (χ0n) is 12.1. The Morgan fingerprint density at radius 3 is 2.95 bits per heavy atom. The van der Waals surface area contributed by atoms with Crippen LogP contribution in [0.3, 0.4) is 0 Å². The van der Waals surface area contributed by atoms with Crippen molar-refractivity contribution in [1.82, 2.24) is 10.2 Å². The Morgan fingerprint density at radius 1 is 1.45 bits per heavy atom. The van der Waals surface area contributed by atoms with Crippen molar-refractivity contribution in [3.8, 4) is 0 Å². The molecule has 1 N–H and O–H groups in total. The highest BCUT2D eigenvalue weighted by Gasteiger charge is 2.34. The number of nitrogens with zero attached hydrogens (tertiary/aromatic N) is 1. The maximum atomic E-state index is 13.7. The molecule has 2 aromatic rings. The molecule has 1 aliphatic rings. The van der Waals surface area contributed by atoms with Crippen molar-refractivity contribution in [3.05, 3.63) is 58.8 Å². The minimum Gasteiger partial charge on any atom is -0.459 e. The van der Waals surface area contributed by atoms with Crippen molar-refractivity contribution >= 4 is 17.5 Å². The zero-order valence-corrected chi connectivity index (χ0v) is 12.8. The number of nitrogens with one attached hydrogen (secondary N) is 1. The topological polar surface area (TPSA) is 45.5 Å². The van der Waals surface area contributed by atoms with Gasteiger partial charge < -0.3 is 9.73 Å². The molecular formula is C16H16ClFN2O2. The van der Waals surface area contributed by atoms with Gasteiger partial charge in [-0.15, -0.1) is 0 Å². The van der Waals surface area contributed by atoms with E-state index in [4.69, 9.17) is 16.0 Å². The second-order valence-corrected chi connectivity index (χ2v) is 5.85. The number of halogens is 2. The molecule has 1 amide bonds. The summed E-state index contributed by atoms with van der Waals surface area (Å²) in [5, 5.41) is 3.06. The standard InChI is InChI=1S/C16H16ClFN2O2/c1-20-7-6-13(19-16(21)14-3-2-8-22-14)15(20)10-4-5-11(17)12(18)9-10/h2-5,8-9,13,15H,6-7H2,1H3,(H,19,21)/t13-,15+/m0/s1. The van der Waals surface area contributed by atoms with Crippen LogP contribution in [0.2, 0.25) is 5.02 Å². The molecule has 2 atom stereocenters. The van der Waals surface area contributed by atoms with Crippen molar-refractivity contribution in [2.75, 3.05) is 13.6 Å². The zero-order chi connectivity index (χ0) is 15.7. The van der Waals surface area contributed by atoms with E-state index in [0.29, 0.717) is 0 Å². The van der Waals surface area contributed by atoms with Crippen LogP contribution in [-0.4, -0.2) is 30.4 Å². The number of carbonyl (C=O) groups is 1. The number of likely N-dealkylation sites (N-methyl/N-ethyl adjacent to an activating group) is 1. The van der Waals surface area contributed by atoms with E-state index in [9.17, 15) is 9.18 Å². The lowest BCUT2D eigenvalue weighted by Crippen LogP contribution is -2.38. The second-order valence-electron chi connectivity index (χ2n) is 5.44. The number of rotatable bonds is 3. The fourth-order valence-electron chi connectivity index (χ4n) is 2.93. The fourth-order valence-corrected chi connectivity index (χ4v) is 3.05. The summed E-state index contributed by atoms with van der Waals surface area (Å²) in [6.07, 6.45) is 2.25. The number of amides is 1. The fraction of sp³-hybridized carbons (Fsp3) is 0.312. The molecule has 0 spiro atoms. The van der Waals surface area contributed by atoms with Gasteiger partial charge in [-0.05, 0) is 43.3 Å². The molecule has 4 nitrogen and oxygen atoms in total. The maximum absolute atomic E-state index is 13.7. The molecule has 1 aliphatic heterocycles. The van der Waals surface area contributed by atoms with Crippen LogP contribution in [0.1, 0.15) is 28.6 Å². The van der Waals surface area contributed by atoms with E-state index in [0.717, 1.165) is 18.5 Å². The summed E-state index contributed by atoms with van der Waals surface area (Å²) in [7, 11) is 1.95. The highest BCUT2D eigenvalue weighted by atomic mass is 35.5. The summed E-state index contributed by atoms with van der Waals surface area (Å²) < 4.78 is 18.8. The van der Waals surface area contributed by atoms with Gasteiger partial charge in [-0.25, -0.2) is 4.39 Å². The summed E-state index contributed by atoms with van der Waals surface area (Å²) in [4.78, 5) is 14.2. The van der Waals surface area contributed by atoms with Crippen molar-refractivity contribution in [2.45, 2.75) is 18.5 Å². The SMILES string of the molecule is CN1CC[C@H](NC(=O)c2ccco2)[C@H]1c1ccc(Cl)c(F)c1. The summed E-state index contributed by atoms with van der Waals surface area (Å²) in [5.41, 5.74) is 0.798. The summed E-state index contributed by atoms with van der Waals surface area (Å²) in [6, 6.07) is 7.86. The Bertz CT molecular complexity index is 675. The first-order valence-electron chi connectivity index (χ1n) is 7.06. The Kier molecular flexibility index (Phi) is 4.18.